The van der Waals surface area contributed by atoms with Crippen LogP contribution in [0.1, 0.15) is 6.92 Å². The minimum atomic E-state index is 0.610. The summed E-state index contributed by atoms with van der Waals surface area (Å²) >= 11 is 1.49. The van der Waals surface area contributed by atoms with Crippen LogP contribution in [0, 0.1) is 0 Å². The molecule has 0 unspecified atom stereocenters. The molecule has 2 heterocycles. The molecule has 0 aliphatic rings. The second kappa shape index (κ2) is 2.67. The molecule has 64 valence electrons. The molecule has 2 rings (SSSR count). The predicted molar refractivity (Wildman–Crippen MR) is 52.5 cm³/mol. The van der Waals surface area contributed by atoms with E-state index in [1.807, 2.05) is 6.07 Å². The largest absolute Gasteiger partial charge is 0.375 e. The van der Waals surface area contributed by atoms with Crippen LogP contribution < -0.4 is 11.1 Å². The van der Waals surface area contributed by atoms with Crippen LogP contribution in [0.25, 0.3) is 10.3 Å². The Bertz CT molecular complexity index is 357. The van der Waals surface area contributed by atoms with Gasteiger partial charge in [0.05, 0.1) is 4.70 Å². The molecule has 5 heteroatoms. The molecule has 0 amide bonds. The number of rotatable bonds is 2. The lowest BCUT2D eigenvalue weighted by molar-refractivity contribution is 1.18. The van der Waals surface area contributed by atoms with E-state index in [2.05, 4.69) is 22.2 Å². The van der Waals surface area contributed by atoms with Crippen LogP contribution in [-0.2, 0) is 0 Å². The van der Waals surface area contributed by atoms with Gasteiger partial charge >= 0.3 is 0 Å². The molecule has 0 aliphatic heterocycles. The molecule has 0 saturated carbocycles. The molecule has 0 aromatic carbocycles. The van der Waals surface area contributed by atoms with Crippen molar-refractivity contribution in [3.8, 4) is 0 Å². The first-order chi connectivity index (χ1) is 5.79. The fraction of sp³-hybridized carbons (Fsp3) is 0.286. The van der Waals surface area contributed by atoms with Gasteiger partial charge in [0, 0.05) is 6.54 Å². The first-order valence-corrected chi connectivity index (χ1v) is 4.60. The molecule has 0 fully saturated rings. The quantitative estimate of drug-likeness (QED) is 0.661. The van der Waals surface area contributed by atoms with Crippen molar-refractivity contribution in [1.29, 1.82) is 0 Å². The van der Waals surface area contributed by atoms with Crippen LogP contribution in [-0.4, -0.2) is 16.5 Å². The fourth-order valence-electron chi connectivity index (χ4n) is 1.12. The van der Waals surface area contributed by atoms with E-state index in [1.165, 1.54) is 11.3 Å². The van der Waals surface area contributed by atoms with Crippen molar-refractivity contribution in [2.75, 3.05) is 17.6 Å². The molecule has 4 nitrogen and oxygen atoms in total. The number of hydrogen-bond acceptors (Lipinski definition) is 4. The van der Waals surface area contributed by atoms with E-state index in [0.29, 0.717) is 5.13 Å². The van der Waals surface area contributed by atoms with Crippen molar-refractivity contribution in [3.63, 3.8) is 0 Å². The number of thiazole rings is 1. The van der Waals surface area contributed by atoms with Crippen molar-refractivity contribution in [1.82, 2.24) is 9.97 Å². The number of nitrogens with zero attached hydrogens (tertiary/aromatic N) is 1. The van der Waals surface area contributed by atoms with Crippen molar-refractivity contribution in [2.24, 2.45) is 0 Å². The molecule has 0 bridgehead atoms. The molecule has 0 saturated heterocycles. The minimum Gasteiger partial charge on any atom is -0.375 e. The smallest absolute Gasteiger partial charge is 0.182 e. The Morgan fingerprint density at radius 2 is 2.58 bits per heavy atom. The number of aromatic amines is 1. The topological polar surface area (TPSA) is 66.7 Å². The molecule has 4 N–H and O–H groups in total. The highest BCUT2D eigenvalue weighted by Crippen LogP contribution is 2.25. The predicted octanol–water partition coefficient (Wildman–Crippen LogP) is 1.64. The Balaban J connectivity index is 2.43. The summed E-state index contributed by atoms with van der Waals surface area (Å²) in [7, 11) is 0. The molecular formula is C7H10N4S. The summed E-state index contributed by atoms with van der Waals surface area (Å²) in [6.07, 6.45) is 0. The highest BCUT2D eigenvalue weighted by atomic mass is 32.1. The van der Waals surface area contributed by atoms with E-state index < -0.39 is 0 Å². The standard InChI is InChI=1S/C7H10N4S/c1-2-9-5-3-4-6(10-5)11-7(8)12-4/h3,9-10H,2H2,1H3,(H2,8,11). The number of H-pyrrole nitrogens is 1. The van der Waals surface area contributed by atoms with Crippen molar-refractivity contribution in [3.05, 3.63) is 6.07 Å². The highest BCUT2D eigenvalue weighted by Gasteiger charge is 2.03. The molecular weight excluding hydrogens is 172 g/mol. The molecule has 2 aromatic heterocycles. The third kappa shape index (κ3) is 1.12. The lowest BCUT2D eigenvalue weighted by atomic mass is 10.6. The van der Waals surface area contributed by atoms with Gasteiger partial charge < -0.3 is 16.0 Å². The number of nitrogens with two attached hydrogens (primary N) is 1. The Kier molecular flexibility index (Phi) is 1.65. The Labute approximate surface area is 73.8 Å². The summed E-state index contributed by atoms with van der Waals surface area (Å²) in [4.78, 5) is 7.24. The molecule has 0 spiro atoms. The lowest BCUT2D eigenvalue weighted by Crippen LogP contribution is -1.95. The number of hydrogen-bond donors (Lipinski definition) is 3. The second-order valence-electron chi connectivity index (χ2n) is 2.48. The zero-order valence-corrected chi connectivity index (χ0v) is 7.53. The van der Waals surface area contributed by atoms with Gasteiger partial charge in [0.2, 0.25) is 0 Å². The summed E-state index contributed by atoms with van der Waals surface area (Å²) in [5, 5.41) is 3.78. The summed E-state index contributed by atoms with van der Waals surface area (Å²) in [6, 6.07) is 2.02. The molecule has 0 atom stereocenters. The summed E-state index contributed by atoms with van der Waals surface area (Å²) in [6.45, 7) is 2.96. The lowest BCUT2D eigenvalue weighted by Gasteiger charge is -1.95. The minimum absolute atomic E-state index is 0.610. The highest BCUT2D eigenvalue weighted by molar-refractivity contribution is 7.22. The van der Waals surface area contributed by atoms with Gasteiger partial charge in [-0.25, -0.2) is 4.98 Å². The Hall–Kier alpha value is -1.23. The number of nitrogen functional groups attached to an aromatic ring is 1. The molecule has 0 radical (unpaired) electrons. The van der Waals surface area contributed by atoms with E-state index in [9.17, 15) is 0 Å². The number of aromatic nitrogens is 2. The van der Waals surface area contributed by atoms with Crippen LogP contribution in [0.5, 0.6) is 0 Å². The molecule has 0 aliphatic carbocycles. The monoisotopic (exact) mass is 182 g/mol. The average Bonchev–Trinajstić information content (AvgIpc) is 2.44. The first-order valence-electron chi connectivity index (χ1n) is 3.78. The Morgan fingerprint density at radius 3 is 3.25 bits per heavy atom. The van der Waals surface area contributed by atoms with Gasteiger partial charge in [-0.3, -0.25) is 0 Å². The van der Waals surface area contributed by atoms with Gasteiger partial charge in [0.15, 0.2) is 10.8 Å². The average molecular weight is 182 g/mol. The van der Waals surface area contributed by atoms with Crippen molar-refractivity contribution in [2.45, 2.75) is 6.92 Å². The van der Waals surface area contributed by atoms with Gasteiger partial charge in [0.1, 0.15) is 5.82 Å². The van der Waals surface area contributed by atoms with E-state index >= 15 is 0 Å². The van der Waals surface area contributed by atoms with Gasteiger partial charge in [-0.2, -0.15) is 0 Å². The maximum absolute atomic E-state index is 5.53. The van der Waals surface area contributed by atoms with E-state index in [4.69, 9.17) is 5.73 Å². The molecule has 12 heavy (non-hydrogen) atoms. The van der Waals surface area contributed by atoms with Gasteiger partial charge in [-0.1, -0.05) is 11.3 Å². The Morgan fingerprint density at radius 1 is 1.75 bits per heavy atom. The zero-order chi connectivity index (χ0) is 8.55. The van der Waals surface area contributed by atoms with Crippen LogP contribution in [0.15, 0.2) is 6.07 Å². The van der Waals surface area contributed by atoms with E-state index in [0.717, 1.165) is 22.7 Å². The zero-order valence-electron chi connectivity index (χ0n) is 6.72. The maximum atomic E-state index is 5.53. The van der Waals surface area contributed by atoms with Crippen LogP contribution in [0.3, 0.4) is 0 Å². The van der Waals surface area contributed by atoms with Gasteiger partial charge in [-0.05, 0) is 13.0 Å². The third-order valence-corrected chi connectivity index (χ3v) is 2.40. The molecule has 2 aromatic rings. The summed E-state index contributed by atoms with van der Waals surface area (Å²) in [5.41, 5.74) is 6.39. The summed E-state index contributed by atoms with van der Waals surface area (Å²) < 4.78 is 1.10. The van der Waals surface area contributed by atoms with E-state index in [1.54, 1.807) is 0 Å². The fourth-order valence-corrected chi connectivity index (χ4v) is 1.85. The van der Waals surface area contributed by atoms with Crippen molar-refractivity contribution >= 4 is 32.6 Å². The second-order valence-corrected chi connectivity index (χ2v) is 3.54. The van der Waals surface area contributed by atoms with E-state index in [-0.39, 0.29) is 0 Å². The maximum Gasteiger partial charge on any atom is 0.182 e. The van der Waals surface area contributed by atoms with Gasteiger partial charge in [-0.15, -0.1) is 0 Å². The number of nitrogens with one attached hydrogen (secondary N) is 2. The SMILES string of the molecule is CCNc1cc2sc(N)nc2[nH]1. The third-order valence-electron chi connectivity index (χ3n) is 1.57. The normalized spacial score (nSPS) is 10.8. The van der Waals surface area contributed by atoms with Crippen molar-refractivity contribution < 1.29 is 0 Å². The van der Waals surface area contributed by atoms with Crippen LogP contribution in [0.2, 0.25) is 0 Å². The number of fused-ring (bicyclic) bond motifs is 1. The summed E-state index contributed by atoms with van der Waals surface area (Å²) in [5.74, 6) is 1.01. The number of anilines is 2. The van der Waals surface area contributed by atoms with Crippen LogP contribution in [0.4, 0.5) is 10.9 Å². The van der Waals surface area contributed by atoms with Gasteiger partial charge in [0.25, 0.3) is 0 Å². The van der Waals surface area contributed by atoms with Crippen LogP contribution >= 0.6 is 11.3 Å². The first kappa shape index (κ1) is 7.42.